The number of aliphatic hydroxyl groups excluding tert-OH is 1. The summed E-state index contributed by atoms with van der Waals surface area (Å²) in [6.07, 6.45) is 6.84. The monoisotopic (exact) mass is 448 g/mol. The summed E-state index contributed by atoms with van der Waals surface area (Å²) in [7, 11) is -0.421. The van der Waals surface area contributed by atoms with E-state index in [1.807, 2.05) is 58.0 Å². The normalized spacial score (nSPS) is 20.1. The Balaban J connectivity index is 1.29. The van der Waals surface area contributed by atoms with E-state index in [9.17, 15) is 5.11 Å². The number of hydrogen-bond acceptors (Lipinski definition) is 7. The lowest BCUT2D eigenvalue weighted by atomic mass is 9.78. The molecule has 3 heterocycles. The van der Waals surface area contributed by atoms with E-state index in [1.54, 1.807) is 18.6 Å². The minimum atomic E-state index is -0.421. The van der Waals surface area contributed by atoms with Gasteiger partial charge in [0.05, 0.1) is 35.7 Å². The Hall–Kier alpha value is -2.68. The summed E-state index contributed by atoms with van der Waals surface area (Å²) in [4.78, 5) is 8.67. The Bertz CT molecular complexity index is 1160. The van der Waals surface area contributed by atoms with Crippen LogP contribution in [-0.4, -0.2) is 45.6 Å². The highest BCUT2D eigenvalue weighted by Gasteiger charge is 2.51. The van der Waals surface area contributed by atoms with Gasteiger partial charge in [-0.1, -0.05) is 12.1 Å². The summed E-state index contributed by atoms with van der Waals surface area (Å²) < 4.78 is 24.6. The largest absolute Gasteiger partial charge is 0.494 e. The average molecular weight is 448 g/mol. The van der Waals surface area contributed by atoms with E-state index in [0.29, 0.717) is 18.1 Å². The van der Waals surface area contributed by atoms with E-state index in [0.717, 1.165) is 34.8 Å². The van der Waals surface area contributed by atoms with E-state index in [-0.39, 0.29) is 23.4 Å². The van der Waals surface area contributed by atoms with Crippen molar-refractivity contribution in [2.45, 2.75) is 63.9 Å². The van der Waals surface area contributed by atoms with Crippen LogP contribution < -0.4 is 14.9 Å². The van der Waals surface area contributed by atoms with Crippen molar-refractivity contribution in [1.82, 2.24) is 9.97 Å². The Kier molecular flexibility index (Phi) is 5.35. The maximum Gasteiger partial charge on any atom is 0.494 e. The van der Waals surface area contributed by atoms with Crippen LogP contribution in [0.25, 0.3) is 10.9 Å². The first-order valence-corrected chi connectivity index (χ1v) is 11.3. The highest BCUT2D eigenvalue weighted by Crippen LogP contribution is 2.41. The van der Waals surface area contributed by atoms with Crippen molar-refractivity contribution in [3.05, 3.63) is 54.5 Å². The first kappa shape index (κ1) is 22.1. The quantitative estimate of drug-likeness (QED) is 0.555. The van der Waals surface area contributed by atoms with Gasteiger partial charge in [0, 0.05) is 11.6 Å². The van der Waals surface area contributed by atoms with Gasteiger partial charge in [-0.05, 0) is 69.8 Å². The molecule has 2 aliphatic rings. The second-order valence-electron chi connectivity index (χ2n) is 9.97. The summed E-state index contributed by atoms with van der Waals surface area (Å²) >= 11 is 0. The molecule has 1 aliphatic heterocycles. The third-order valence-corrected chi connectivity index (χ3v) is 6.80. The summed E-state index contributed by atoms with van der Waals surface area (Å²) in [5, 5.41) is 10.3. The minimum Gasteiger partial charge on any atom is -0.488 e. The average Bonchev–Trinajstić information content (AvgIpc) is 3.51. The van der Waals surface area contributed by atoms with Crippen molar-refractivity contribution in [2.24, 2.45) is 0 Å². The van der Waals surface area contributed by atoms with Gasteiger partial charge in [-0.15, -0.1) is 0 Å². The molecule has 3 aromatic rings. The molecule has 0 spiro atoms. The second kappa shape index (κ2) is 7.97. The maximum absolute atomic E-state index is 9.31. The van der Waals surface area contributed by atoms with Crippen LogP contribution in [0, 0.1) is 0 Å². The number of benzene rings is 1. The Morgan fingerprint density at radius 1 is 0.970 bits per heavy atom. The zero-order chi connectivity index (χ0) is 23.3. The summed E-state index contributed by atoms with van der Waals surface area (Å²) in [6, 6.07) is 9.82. The summed E-state index contributed by atoms with van der Waals surface area (Å²) in [6.45, 7) is 8.55. The van der Waals surface area contributed by atoms with Crippen molar-refractivity contribution in [3.8, 4) is 11.5 Å². The molecule has 1 saturated carbocycles. The molecule has 1 aromatic carbocycles. The van der Waals surface area contributed by atoms with Crippen LogP contribution in [0.5, 0.6) is 11.5 Å². The summed E-state index contributed by atoms with van der Waals surface area (Å²) in [5.41, 5.74) is 1.42. The molecule has 0 amide bonds. The molecule has 2 aromatic heterocycles. The molecule has 1 aliphatic carbocycles. The zero-order valence-corrected chi connectivity index (χ0v) is 19.5. The van der Waals surface area contributed by atoms with Gasteiger partial charge >= 0.3 is 7.12 Å². The molecule has 0 atom stereocenters. The lowest BCUT2D eigenvalue weighted by Crippen LogP contribution is -2.41. The van der Waals surface area contributed by atoms with Gasteiger partial charge in [0.25, 0.3) is 0 Å². The van der Waals surface area contributed by atoms with Crippen molar-refractivity contribution < 1.29 is 23.9 Å². The first-order chi connectivity index (χ1) is 15.7. The van der Waals surface area contributed by atoms with E-state index in [4.69, 9.17) is 18.8 Å². The molecule has 172 valence electrons. The van der Waals surface area contributed by atoms with E-state index in [1.165, 1.54) is 0 Å². The molecule has 5 rings (SSSR count). The third kappa shape index (κ3) is 4.43. The molecule has 0 radical (unpaired) electrons. The van der Waals surface area contributed by atoms with Gasteiger partial charge in [0.2, 0.25) is 0 Å². The van der Waals surface area contributed by atoms with Crippen LogP contribution in [-0.2, 0) is 15.9 Å². The minimum absolute atomic E-state index is 0.0651. The lowest BCUT2D eigenvalue weighted by molar-refractivity contribution is 0.00578. The van der Waals surface area contributed by atoms with Gasteiger partial charge in [-0.3, -0.25) is 9.97 Å². The Morgan fingerprint density at radius 3 is 2.42 bits per heavy atom. The molecular weight excluding hydrogens is 419 g/mol. The van der Waals surface area contributed by atoms with Gasteiger partial charge < -0.3 is 23.9 Å². The van der Waals surface area contributed by atoms with Crippen molar-refractivity contribution in [3.63, 3.8) is 0 Å². The number of pyridine rings is 2. The SMILES string of the molecule is CC1(C)OB(c2ccc3ncc(OCC4(Oc5cncc(CO)c5)CC4)cc3c2)OC1(C)C. The lowest BCUT2D eigenvalue weighted by Gasteiger charge is -2.32. The number of hydrogen-bond donors (Lipinski definition) is 1. The van der Waals surface area contributed by atoms with Crippen molar-refractivity contribution in [2.75, 3.05) is 6.61 Å². The standard InChI is InChI=1S/C25H29BN2O5/c1-23(2)24(3,4)33-26(32-23)19-5-6-22-18(10-19)11-20(14-28-22)30-16-25(7-8-25)31-21-9-17(15-29)12-27-13-21/h5-6,9-14,29H,7-8,15-16H2,1-4H3. The third-order valence-electron chi connectivity index (χ3n) is 6.80. The highest BCUT2D eigenvalue weighted by molar-refractivity contribution is 6.62. The van der Waals surface area contributed by atoms with Crippen LogP contribution in [0.15, 0.2) is 48.9 Å². The van der Waals surface area contributed by atoms with E-state index >= 15 is 0 Å². The van der Waals surface area contributed by atoms with Gasteiger partial charge in [0.1, 0.15) is 23.7 Å². The fourth-order valence-electron chi connectivity index (χ4n) is 3.82. The number of nitrogens with zero attached hydrogens (tertiary/aromatic N) is 2. The molecule has 8 heteroatoms. The second-order valence-corrected chi connectivity index (χ2v) is 9.97. The van der Waals surface area contributed by atoms with E-state index < -0.39 is 7.12 Å². The zero-order valence-electron chi connectivity index (χ0n) is 19.5. The fraction of sp³-hybridized carbons (Fsp3) is 0.440. The van der Waals surface area contributed by atoms with Crippen molar-refractivity contribution >= 4 is 23.5 Å². The van der Waals surface area contributed by atoms with Gasteiger partial charge in [-0.2, -0.15) is 0 Å². The predicted octanol–water partition coefficient (Wildman–Crippen LogP) is 3.41. The highest BCUT2D eigenvalue weighted by atomic mass is 16.7. The van der Waals surface area contributed by atoms with Crippen LogP contribution in [0.2, 0.25) is 0 Å². The van der Waals surface area contributed by atoms with Gasteiger partial charge in [0.15, 0.2) is 0 Å². The number of aliphatic hydroxyl groups is 1. The first-order valence-electron chi connectivity index (χ1n) is 11.3. The molecule has 7 nitrogen and oxygen atoms in total. The predicted molar refractivity (Wildman–Crippen MR) is 126 cm³/mol. The molecule has 0 unspecified atom stereocenters. The number of ether oxygens (including phenoxy) is 2. The Labute approximate surface area is 194 Å². The molecule has 33 heavy (non-hydrogen) atoms. The van der Waals surface area contributed by atoms with Crippen LogP contribution in [0.1, 0.15) is 46.1 Å². The molecule has 2 fully saturated rings. The maximum atomic E-state index is 9.31. The fourth-order valence-corrected chi connectivity index (χ4v) is 3.82. The van der Waals surface area contributed by atoms with E-state index in [2.05, 4.69) is 9.97 Å². The topological polar surface area (TPSA) is 82.9 Å². The Morgan fingerprint density at radius 2 is 1.73 bits per heavy atom. The smallest absolute Gasteiger partial charge is 0.488 e. The molecular formula is C25H29BN2O5. The number of aromatic nitrogens is 2. The summed E-state index contributed by atoms with van der Waals surface area (Å²) in [5.74, 6) is 1.33. The van der Waals surface area contributed by atoms with Crippen LogP contribution in [0.3, 0.4) is 0 Å². The molecule has 0 bridgehead atoms. The van der Waals surface area contributed by atoms with Gasteiger partial charge in [-0.25, -0.2) is 0 Å². The van der Waals surface area contributed by atoms with Crippen LogP contribution in [0.4, 0.5) is 0 Å². The van der Waals surface area contributed by atoms with Crippen LogP contribution >= 0.6 is 0 Å². The number of fused-ring (bicyclic) bond motifs is 1. The number of rotatable bonds is 7. The van der Waals surface area contributed by atoms with Crippen molar-refractivity contribution in [1.29, 1.82) is 0 Å². The molecule has 1 saturated heterocycles. The molecule has 1 N–H and O–H groups in total.